The van der Waals surface area contributed by atoms with Crippen LogP contribution in [-0.4, -0.2) is 9.55 Å². The number of hydrogen-bond acceptors (Lipinski definition) is 1. The van der Waals surface area contributed by atoms with E-state index in [4.69, 9.17) is 1.37 Å². The van der Waals surface area contributed by atoms with E-state index in [2.05, 4.69) is 4.98 Å². The number of aryl methyl sites for hydroxylation is 1. The second kappa shape index (κ2) is 1.84. The summed E-state index contributed by atoms with van der Waals surface area (Å²) in [5.74, 6) is 0. The molecule has 2 aromatic heterocycles. The molecule has 2 heteroatoms. The average Bonchev–Trinajstić information content (AvgIpc) is 2.35. The maximum atomic E-state index is 7.52. The van der Waals surface area contributed by atoms with Crippen LogP contribution in [0.4, 0.5) is 0 Å². The molecule has 0 aliphatic rings. The Bertz CT molecular complexity index is 392. The van der Waals surface area contributed by atoms with Gasteiger partial charge in [-0.25, -0.2) is 4.98 Å². The van der Waals surface area contributed by atoms with Crippen LogP contribution in [-0.2, 0) is 7.05 Å². The molecule has 0 saturated heterocycles. The molecule has 0 unspecified atom stereocenters. The summed E-state index contributed by atoms with van der Waals surface area (Å²) in [7, 11) is 1.93. The Morgan fingerprint density at radius 2 is 2.60 bits per heavy atom. The highest BCUT2D eigenvalue weighted by Gasteiger charge is 1.93. The molecule has 0 N–H and O–H groups in total. The summed E-state index contributed by atoms with van der Waals surface area (Å²) in [5.41, 5.74) is 0.873. The Morgan fingerprint density at radius 3 is 3.40 bits per heavy atom. The zero-order valence-electron chi connectivity index (χ0n) is 6.70. The Labute approximate surface area is 60.5 Å². The number of pyridine rings is 1. The van der Waals surface area contributed by atoms with Gasteiger partial charge in [-0.05, 0) is 18.2 Å². The molecular weight excluding hydrogens is 124 g/mol. The molecule has 50 valence electrons. The first-order valence-electron chi connectivity index (χ1n) is 3.65. The second-order valence-electron chi connectivity index (χ2n) is 2.25. The maximum absolute atomic E-state index is 7.52. The van der Waals surface area contributed by atoms with Crippen molar-refractivity contribution in [2.24, 2.45) is 7.05 Å². The molecule has 10 heavy (non-hydrogen) atoms. The molecule has 2 aromatic rings. The molecule has 0 bridgehead atoms. The first kappa shape index (κ1) is 4.50. The third-order valence-electron chi connectivity index (χ3n) is 1.55. The van der Waals surface area contributed by atoms with Crippen molar-refractivity contribution in [1.82, 2.24) is 9.55 Å². The summed E-state index contributed by atoms with van der Waals surface area (Å²) >= 11 is 0. The van der Waals surface area contributed by atoms with Crippen molar-refractivity contribution < 1.29 is 1.37 Å². The van der Waals surface area contributed by atoms with Gasteiger partial charge in [-0.2, -0.15) is 0 Å². The Balaban J connectivity index is 2.94. The van der Waals surface area contributed by atoms with E-state index >= 15 is 0 Å². The fourth-order valence-corrected chi connectivity index (χ4v) is 1.03. The van der Waals surface area contributed by atoms with Crippen LogP contribution < -0.4 is 0 Å². The lowest BCUT2D eigenvalue weighted by Crippen LogP contribution is -1.85. The van der Waals surface area contributed by atoms with E-state index in [0.29, 0.717) is 6.04 Å². The lowest BCUT2D eigenvalue weighted by atomic mass is 10.3. The molecular formula is C8H8N2. The minimum atomic E-state index is 0.538. The van der Waals surface area contributed by atoms with Crippen molar-refractivity contribution in [2.45, 2.75) is 0 Å². The van der Waals surface area contributed by atoms with Crippen molar-refractivity contribution >= 4 is 11.0 Å². The molecule has 0 amide bonds. The predicted molar refractivity (Wildman–Crippen MR) is 40.7 cm³/mol. The van der Waals surface area contributed by atoms with Gasteiger partial charge >= 0.3 is 0 Å². The number of aromatic nitrogens is 2. The summed E-state index contributed by atoms with van der Waals surface area (Å²) in [4.78, 5) is 4.14. The maximum Gasteiger partial charge on any atom is 0.139 e. The Kier molecular flexibility index (Phi) is 0.826. The van der Waals surface area contributed by atoms with Crippen LogP contribution in [0.15, 0.2) is 30.6 Å². The average molecular weight is 133 g/mol. The molecule has 0 aliphatic carbocycles. The lowest BCUT2D eigenvalue weighted by Gasteiger charge is -1.91. The molecule has 0 radical (unpaired) electrons. The molecule has 0 aromatic carbocycles. The van der Waals surface area contributed by atoms with Gasteiger partial charge < -0.3 is 4.57 Å². The highest BCUT2D eigenvalue weighted by molar-refractivity contribution is 5.75. The van der Waals surface area contributed by atoms with E-state index in [-0.39, 0.29) is 0 Å². The van der Waals surface area contributed by atoms with E-state index in [1.54, 1.807) is 12.3 Å². The first-order valence-corrected chi connectivity index (χ1v) is 3.15. The van der Waals surface area contributed by atoms with Crippen LogP contribution in [0.2, 0.25) is 0 Å². The molecule has 0 fully saturated rings. The predicted octanol–water partition coefficient (Wildman–Crippen LogP) is 1.57. The van der Waals surface area contributed by atoms with Crippen molar-refractivity contribution in [3.8, 4) is 0 Å². The van der Waals surface area contributed by atoms with E-state index in [1.165, 1.54) is 0 Å². The van der Waals surface area contributed by atoms with Gasteiger partial charge in [0.15, 0.2) is 0 Å². The van der Waals surface area contributed by atoms with Crippen molar-refractivity contribution in [2.75, 3.05) is 0 Å². The van der Waals surface area contributed by atoms with Gasteiger partial charge in [0.05, 0.1) is 1.37 Å². The SMILES string of the molecule is [2H]c1ccnc2c1ccn2C. The van der Waals surface area contributed by atoms with E-state index < -0.39 is 0 Å². The van der Waals surface area contributed by atoms with E-state index in [9.17, 15) is 0 Å². The molecule has 0 aliphatic heterocycles. The van der Waals surface area contributed by atoms with E-state index in [1.807, 2.05) is 23.9 Å². The van der Waals surface area contributed by atoms with Crippen LogP contribution in [0, 0.1) is 0 Å². The standard InChI is InChI=1S/C8H8N2/c1-10-6-4-7-3-2-5-9-8(7)10/h2-6H,1H3/i3D. The van der Waals surface area contributed by atoms with Gasteiger partial charge in [0.2, 0.25) is 0 Å². The number of nitrogens with zero attached hydrogens (tertiary/aromatic N) is 2. The molecule has 2 nitrogen and oxygen atoms in total. The molecule has 0 atom stereocenters. The number of fused-ring (bicyclic) bond motifs is 1. The number of rotatable bonds is 0. The largest absolute Gasteiger partial charge is 0.336 e. The Hall–Kier alpha value is -1.31. The third kappa shape index (κ3) is 0.620. The fraction of sp³-hybridized carbons (Fsp3) is 0.125. The van der Waals surface area contributed by atoms with Gasteiger partial charge in [0.1, 0.15) is 5.65 Å². The van der Waals surface area contributed by atoms with Crippen molar-refractivity contribution in [1.29, 1.82) is 0 Å². The van der Waals surface area contributed by atoms with Crippen LogP contribution in [0.25, 0.3) is 11.0 Å². The highest BCUT2D eigenvalue weighted by atomic mass is 15.0. The topological polar surface area (TPSA) is 17.8 Å². The summed E-state index contributed by atoms with van der Waals surface area (Å²) in [6.45, 7) is 0. The zero-order valence-corrected chi connectivity index (χ0v) is 5.70. The van der Waals surface area contributed by atoms with Gasteiger partial charge in [-0.1, -0.05) is 0 Å². The van der Waals surface area contributed by atoms with Crippen LogP contribution in [0.3, 0.4) is 0 Å². The van der Waals surface area contributed by atoms with Crippen molar-refractivity contribution in [3.05, 3.63) is 30.6 Å². The van der Waals surface area contributed by atoms with Gasteiger partial charge in [0.25, 0.3) is 0 Å². The minimum absolute atomic E-state index is 0.538. The summed E-state index contributed by atoms with van der Waals surface area (Å²) in [6, 6.07) is 4.14. The van der Waals surface area contributed by atoms with E-state index in [0.717, 1.165) is 11.0 Å². The van der Waals surface area contributed by atoms with Gasteiger partial charge in [0, 0.05) is 24.8 Å². The summed E-state index contributed by atoms with van der Waals surface area (Å²) < 4.78 is 9.43. The monoisotopic (exact) mass is 133 g/mol. The van der Waals surface area contributed by atoms with Crippen LogP contribution in [0.5, 0.6) is 0 Å². The summed E-state index contributed by atoms with van der Waals surface area (Å²) in [5, 5.41) is 0.912. The third-order valence-corrected chi connectivity index (χ3v) is 1.55. The zero-order chi connectivity index (χ0) is 7.84. The van der Waals surface area contributed by atoms with Crippen molar-refractivity contribution in [3.63, 3.8) is 0 Å². The molecule has 0 saturated carbocycles. The van der Waals surface area contributed by atoms with Gasteiger partial charge in [-0.15, -0.1) is 0 Å². The number of hydrogen-bond donors (Lipinski definition) is 0. The quantitative estimate of drug-likeness (QED) is 0.533. The smallest absolute Gasteiger partial charge is 0.139 e. The fourth-order valence-electron chi connectivity index (χ4n) is 1.03. The van der Waals surface area contributed by atoms with Crippen LogP contribution in [0.1, 0.15) is 1.37 Å². The second-order valence-corrected chi connectivity index (χ2v) is 2.25. The Morgan fingerprint density at radius 1 is 1.70 bits per heavy atom. The molecule has 2 rings (SSSR count). The lowest BCUT2D eigenvalue weighted by molar-refractivity contribution is 0.948. The normalized spacial score (nSPS) is 11.9. The van der Waals surface area contributed by atoms with Gasteiger partial charge in [-0.3, -0.25) is 0 Å². The highest BCUT2D eigenvalue weighted by Crippen LogP contribution is 2.09. The molecule has 2 heterocycles. The first-order chi connectivity index (χ1) is 5.29. The van der Waals surface area contributed by atoms with Crippen LogP contribution >= 0.6 is 0 Å². The summed E-state index contributed by atoms with van der Waals surface area (Å²) in [6.07, 6.45) is 3.57. The minimum Gasteiger partial charge on any atom is -0.336 e. The molecule has 0 spiro atoms.